The number of hydrogen-bond donors (Lipinski definition) is 1. The van der Waals surface area contributed by atoms with Crippen LogP contribution in [0.5, 0.6) is 0 Å². The molecule has 0 aliphatic carbocycles. The Hall–Kier alpha value is -3.20. The Bertz CT molecular complexity index is 1040. The largest absolute Gasteiger partial charge is 0.325 e. The number of anilines is 1. The number of carbonyl (C=O) groups is 1. The van der Waals surface area contributed by atoms with Gasteiger partial charge < -0.3 is 5.32 Å². The predicted molar refractivity (Wildman–Crippen MR) is 105 cm³/mol. The molecule has 1 atom stereocenters. The lowest BCUT2D eigenvalue weighted by molar-refractivity contribution is -0.387. The molecule has 0 saturated heterocycles. The molecular formula is C19H17FN4O3S. The molecule has 1 aromatic heterocycles. The van der Waals surface area contributed by atoms with Gasteiger partial charge in [-0.05, 0) is 43.7 Å². The van der Waals surface area contributed by atoms with Gasteiger partial charge in [0, 0.05) is 29.8 Å². The van der Waals surface area contributed by atoms with E-state index in [0.717, 1.165) is 23.4 Å². The molecular weight excluding hydrogens is 383 g/mol. The Morgan fingerprint density at radius 2 is 2.11 bits per heavy atom. The average Bonchev–Trinajstić information content (AvgIpc) is 3.11. The fourth-order valence-electron chi connectivity index (χ4n) is 2.54. The molecule has 0 spiro atoms. The summed E-state index contributed by atoms with van der Waals surface area (Å²) in [5.74, 6) is -1.32. The van der Waals surface area contributed by atoms with Crippen LogP contribution in [0.4, 0.5) is 15.8 Å². The van der Waals surface area contributed by atoms with E-state index in [1.54, 1.807) is 13.1 Å². The van der Waals surface area contributed by atoms with Gasteiger partial charge in [-0.15, -0.1) is 0 Å². The van der Waals surface area contributed by atoms with E-state index in [0.29, 0.717) is 5.16 Å². The SMILES string of the molecule is Cc1cccc(-n2ccnc2SC(C)C(=O)Nc2ccc(F)c([N+](=O)[O-])c2)c1. The molecule has 1 unspecified atom stereocenters. The van der Waals surface area contributed by atoms with Crippen molar-refractivity contribution in [1.82, 2.24) is 9.55 Å². The van der Waals surface area contributed by atoms with Gasteiger partial charge in [-0.3, -0.25) is 19.5 Å². The summed E-state index contributed by atoms with van der Waals surface area (Å²) < 4.78 is 15.3. The van der Waals surface area contributed by atoms with E-state index in [9.17, 15) is 19.3 Å². The highest BCUT2D eigenvalue weighted by Crippen LogP contribution is 2.27. The fraction of sp³-hybridized carbons (Fsp3) is 0.158. The van der Waals surface area contributed by atoms with Gasteiger partial charge in [0.25, 0.3) is 0 Å². The van der Waals surface area contributed by atoms with Crippen LogP contribution in [0.2, 0.25) is 0 Å². The molecule has 2 aromatic carbocycles. The number of nitrogens with zero attached hydrogens (tertiary/aromatic N) is 3. The molecule has 7 nitrogen and oxygen atoms in total. The van der Waals surface area contributed by atoms with Gasteiger partial charge in [-0.25, -0.2) is 4.98 Å². The first-order chi connectivity index (χ1) is 13.3. The monoisotopic (exact) mass is 400 g/mol. The van der Waals surface area contributed by atoms with Crippen LogP contribution < -0.4 is 5.32 Å². The molecule has 0 fully saturated rings. The van der Waals surface area contributed by atoms with Crippen molar-refractivity contribution in [3.63, 3.8) is 0 Å². The number of aryl methyl sites for hydroxylation is 1. The second-order valence-corrected chi connectivity index (χ2v) is 7.40. The third-order valence-corrected chi connectivity index (χ3v) is 5.03. The normalized spacial score (nSPS) is 11.8. The first-order valence-corrected chi connectivity index (χ1v) is 9.25. The second-order valence-electron chi connectivity index (χ2n) is 6.09. The third kappa shape index (κ3) is 4.37. The number of benzene rings is 2. The Morgan fingerprint density at radius 3 is 2.82 bits per heavy atom. The number of thioether (sulfide) groups is 1. The molecule has 1 amide bonds. The molecule has 1 heterocycles. The highest BCUT2D eigenvalue weighted by atomic mass is 32.2. The second kappa shape index (κ2) is 8.22. The summed E-state index contributed by atoms with van der Waals surface area (Å²) >= 11 is 1.25. The maximum atomic E-state index is 13.4. The van der Waals surface area contributed by atoms with Crippen molar-refractivity contribution in [3.05, 3.63) is 76.4 Å². The zero-order valence-corrected chi connectivity index (χ0v) is 15.9. The highest BCUT2D eigenvalue weighted by Gasteiger charge is 2.20. The first-order valence-electron chi connectivity index (χ1n) is 8.37. The molecule has 0 aliphatic heterocycles. The minimum Gasteiger partial charge on any atom is -0.325 e. The summed E-state index contributed by atoms with van der Waals surface area (Å²) in [4.78, 5) is 26.8. The summed E-state index contributed by atoms with van der Waals surface area (Å²) in [7, 11) is 0. The van der Waals surface area contributed by atoms with Gasteiger partial charge in [-0.2, -0.15) is 4.39 Å². The summed E-state index contributed by atoms with van der Waals surface area (Å²) in [6.45, 7) is 3.69. The number of hydrogen-bond acceptors (Lipinski definition) is 5. The minimum atomic E-state index is -0.953. The van der Waals surface area contributed by atoms with Crippen LogP contribution in [0.3, 0.4) is 0 Å². The van der Waals surface area contributed by atoms with Gasteiger partial charge in [0.1, 0.15) is 0 Å². The fourth-order valence-corrected chi connectivity index (χ4v) is 3.42. The zero-order chi connectivity index (χ0) is 20.3. The number of halogens is 1. The smallest absolute Gasteiger partial charge is 0.306 e. The highest BCUT2D eigenvalue weighted by molar-refractivity contribution is 8.00. The number of nitro groups is 1. The van der Waals surface area contributed by atoms with Crippen LogP contribution in [-0.2, 0) is 4.79 Å². The molecule has 0 bridgehead atoms. The van der Waals surface area contributed by atoms with Gasteiger partial charge >= 0.3 is 5.69 Å². The van der Waals surface area contributed by atoms with Gasteiger partial charge in [0.2, 0.25) is 11.7 Å². The van der Waals surface area contributed by atoms with Crippen molar-refractivity contribution in [3.8, 4) is 5.69 Å². The predicted octanol–water partition coefficient (Wildman–Crippen LogP) is 4.35. The van der Waals surface area contributed by atoms with E-state index < -0.39 is 21.7 Å². The lowest BCUT2D eigenvalue weighted by Gasteiger charge is -2.13. The molecule has 0 saturated carbocycles. The Labute approximate surface area is 164 Å². The molecule has 1 N–H and O–H groups in total. The van der Waals surface area contributed by atoms with Crippen molar-refractivity contribution >= 4 is 29.0 Å². The van der Waals surface area contributed by atoms with E-state index in [1.807, 2.05) is 42.0 Å². The molecule has 144 valence electrons. The number of rotatable bonds is 6. The standard InChI is InChI=1S/C19H17FN4O3S/c1-12-4-3-5-15(10-12)23-9-8-21-19(23)28-13(2)18(25)22-14-6-7-16(20)17(11-14)24(26)27/h3-11,13H,1-2H3,(H,22,25). The molecule has 3 rings (SSSR count). The van der Waals surface area contributed by atoms with Crippen molar-refractivity contribution in [2.24, 2.45) is 0 Å². The van der Waals surface area contributed by atoms with E-state index >= 15 is 0 Å². The number of nitrogens with one attached hydrogen (secondary N) is 1. The van der Waals surface area contributed by atoms with Crippen LogP contribution in [0.15, 0.2) is 60.0 Å². The third-order valence-electron chi connectivity index (χ3n) is 3.95. The number of imidazole rings is 1. The van der Waals surface area contributed by atoms with Gasteiger partial charge in [0.15, 0.2) is 5.16 Å². The van der Waals surface area contributed by atoms with E-state index in [2.05, 4.69) is 10.3 Å². The van der Waals surface area contributed by atoms with Crippen molar-refractivity contribution in [1.29, 1.82) is 0 Å². The summed E-state index contributed by atoms with van der Waals surface area (Å²) in [5.41, 5.74) is 1.51. The first kappa shape index (κ1) is 19.6. The van der Waals surface area contributed by atoms with Crippen LogP contribution in [0, 0.1) is 22.9 Å². The Morgan fingerprint density at radius 1 is 1.32 bits per heavy atom. The van der Waals surface area contributed by atoms with Crippen LogP contribution in [-0.4, -0.2) is 25.6 Å². The van der Waals surface area contributed by atoms with Crippen LogP contribution in [0.1, 0.15) is 12.5 Å². The molecule has 28 heavy (non-hydrogen) atoms. The maximum Gasteiger partial charge on any atom is 0.306 e. The Kier molecular flexibility index (Phi) is 5.74. The van der Waals surface area contributed by atoms with E-state index in [1.165, 1.54) is 17.8 Å². The van der Waals surface area contributed by atoms with Crippen LogP contribution in [0.25, 0.3) is 5.69 Å². The van der Waals surface area contributed by atoms with Crippen LogP contribution >= 0.6 is 11.8 Å². The quantitative estimate of drug-likeness (QED) is 0.377. The van der Waals surface area contributed by atoms with Crippen molar-refractivity contribution < 1.29 is 14.1 Å². The number of amides is 1. The van der Waals surface area contributed by atoms with E-state index in [-0.39, 0.29) is 11.6 Å². The minimum absolute atomic E-state index is 0.160. The van der Waals surface area contributed by atoms with Gasteiger partial charge in [-0.1, -0.05) is 23.9 Å². The lowest BCUT2D eigenvalue weighted by atomic mass is 10.2. The summed E-state index contributed by atoms with van der Waals surface area (Å²) in [6.07, 6.45) is 3.46. The molecule has 9 heteroatoms. The topological polar surface area (TPSA) is 90.1 Å². The number of nitro benzene ring substituents is 1. The number of carbonyl (C=O) groups excluding carboxylic acids is 1. The lowest BCUT2D eigenvalue weighted by Crippen LogP contribution is -2.23. The van der Waals surface area contributed by atoms with E-state index in [4.69, 9.17) is 0 Å². The molecule has 0 aliphatic rings. The van der Waals surface area contributed by atoms with Gasteiger partial charge in [0.05, 0.1) is 10.2 Å². The molecule has 0 radical (unpaired) electrons. The van der Waals surface area contributed by atoms with Crippen molar-refractivity contribution in [2.75, 3.05) is 5.32 Å². The molecule has 3 aromatic rings. The Balaban J connectivity index is 1.73. The average molecular weight is 400 g/mol. The number of aromatic nitrogens is 2. The maximum absolute atomic E-state index is 13.4. The summed E-state index contributed by atoms with van der Waals surface area (Å²) in [5, 5.41) is 13.5. The summed E-state index contributed by atoms with van der Waals surface area (Å²) in [6, 6.07) is 11.1. The van der Waals surface area contributed by atoms with Crippen molar-refractivity contribution in [2.45, 2.75) is 24.3 Å². The zero-order valence-electron chi connectivity index (χ0n) is 15.1.